The fraction of sp³-hybridized carbons (Fsp3) is 0.600. The van der Waals surface area contributed by atoms with E-state index in [1.807, 2.05) is 0 Å². The van der Waals surface area contributed by atoms with Crippen molar-refractivity contribution >= 4 is 12.0 Å². The van der Waals surface area contributed by atoms with E-state index in [2.05, 4.69) is 20.8 Å². The van der Waals surface area contributed by atoms with Crippen molar-refractivity contribution in [3.8, 4) is 0 Å². The van der Waals surface area contributed by atoms with Crippen molar-refractivity contribution in [1.82, 2.24) is 20.8 Å². The number of aliphatic hydroxyl groups is 1. The molecular weight excluding hydrogens is 256 g/mol. The maximum atomic E-state index is 11.4. The Bertz CT molecular complexity index is 457. The van der Waals surface area contributed by atoms with Gasteiger partial charge in [-0.05, 0) is 6.92 Å². The summed E-state index contributed by atoms with van der Waals surface area (Å²) >= 11 is 0. The van der Waals surface area contributed by atoms with Gasteiger partial charge in [-0.3, -0.25) is 4.79 Å². The van der Waals surface area contributed by atoms with Crippen molar-refractivity contribution in [3.63, 3.8) is 0 Å². The summed E-state index contributed by atoms with van der Waals surface area (Å²) in [6.07, 6.45) is -0.461. The minimum absolute atomic E-state index is 0.0737. The molecule has 0 bridgehead atoms. The second-order valence-corrected chi connectivity index (χ2v) is 4.33. The third kappa shape index (κ3) is 5.82. The van der Waals surface area contributed by atoms with Crippen molar-refractivity contribution in [2.75, 3.05) is 6.54 Å². The molecule has 9 heteroatoms. The lowest BCUT2D eigenvalue weighted by molar-refractivity contribution is -0.141. The van der Waals surface area contributed by atoms with Crippen molar-refractivity contribution in [2.24, 2.45) is 0 Å². The number of nitrogens with one attached hydrogen (secondary N) is 2. The van der Waals surface area contributed by atoms with Gasteiger partial charge in [-0.25, -0.2) is 4.79 Å². The minimum atomic E-state index is -1.51. The van der Waals surface area contributed by atoms with Gasteiger partial charge >= 0.3 is 12.0 Å². The summed E-state index contributed by atoms with van der Waals surface area (Å²) in [6.45, 7) is 2.84. The third-order valence-electron chi connectivity index (χ3n) is 2.14. The topological polar surface area (TPSA) is 138 Å². The number of rotatable bonds is 6. The Labute approximate surface area is 109 Å². The van der Waals surface area contributed by atoms with Gasteiger partial charge in [-0.15, -0.1) is 0 Å². The number of aliphatic carboxylic acids is 1. The minimum Gasteiger partial charge on any atom is -0.481 e. The first-order valence-electron chi connectivity index (χ1n) is 5.53. The largest absolute Gasteiger partial charge is 0.481 e. The molecule has 4 N–H and O–H groups in total. The quantitative estimate of drug-likeness (QED) is 0.542. The molecule has 1 aromatic rings. The van der Waals surface area contributed by atoms with Crippen molar-refractivity contribution < 1.29 is 24.3 Å². The summed E-state index contributed by atoms with van der Waals surface area (Å²) < 4.78 is 4.72. The highest BCUT2D eigenvalue weighted by atomic mass is 16.5. The SMILES string of the molecule is Cc1nc(CNC(=O)NCC(C)(O)CC(=O)O)no1. The molecule has 0 aliphatic heterocycles. The third-order valence-corrected chi connectivity index (χ3v) is 2.14. The van der Waals surface area contributed by atoms with E-state index in [1.54, 1.807) is 6.92 Å². The number of hydrogen-bond acceptors (Lipinski definition) is 6. The van der Waals surface area contributed by atoms with Gasteiger partial charge in [0.1, 0.15) is 0 Å². The molecule has 1 rings (SSSR count). The molecule has 1 heterocycles. The molecule has 0 spiro atoms. The Kier molecular flexibility index (Phi) is 4.81. The van der Waals surface area contributed by atoms with E-state index < -0.39 is 24.0 Å². The number of carboxylic acids is 1. The molecule has 1 aromatic heterocycles. The van der Waals surface area contributed by atoms with Crippen LogP contribution in [0.15, 0.2) is 4.52 Å². The van der Waals surface area contributed by atoms with Gasteiger partial charge in [0, 0.05) is 13.5 Å². The van der Waals surface area contributed by atoms with Crippen molar-refractivity contribution in [2.45, 2.75) is 32.4 Å². The summed E-state index contributed by atoms with van der Waals surface area (Å²) in [5.74, 6) is -0.430. The summed E-state index contributed by atoms with van der Waals surface area (Å²) in [4.78, 5) is 25.7. The normalized spacial score (nSPS) is 13.6. The molecule has 0 saturated carbocycles. The summed E-state index contributed by atoms with van der Waals surface area (Å²) in [6, 6.07) is -0.562. The number of carbonyl (C=O) groups is 2. The zero-order valence-corrected chi connectivity index (χ0v) is 10.6. The van der Waals surface area contributed by atoms with Crippen LogP contribution < -0.4 is 10.6 Å². The summed E-state index contributed by atoms with van der Waals surface area (Å²) in [5, 5.41) is 26.6. The zero-order chi connectivity index (χ0) is 14.5. The molecule has 2 amide bonds. The maximum absolute atomic E-state index is 11.4. The van der Waals surface area contributed by atoms with E-state index in [0.717, 1.165) is 0 Å². The van der Waals surface area contributed by atoms with Crippen LogP contribution in [0.3, 0.4) is 0 Å². The molecule has 106 valence electrons. The molecule has 0 saturated heterocycles. The number of aryl methyl sites for hydroxylation is 1. The van der Waals surface area contributed by atoms with E-state index in [9.17, 15) is 14.7 Å². The highest BCUT2D eigenvalue weighted by Crippen LogP contribution is 2.07. The lowest BCUT2D eigenvalue weighted by atomic mass is 10.0. The van der Waals surface area contributed by atoms with Gasteiger partial charge in [-0.2, -0.15) is 4.98 Å². The van der Waals surface area contributed by atoms with Gasteiger partial charge in [0.15, 0.2) is 5.82 Å². The summed E-state index contributed by atoms with van der Waals surface area (Å²) in [7, 11) is 0. The number of carbonyl (C=O) groups excluding carboxylic acids is 1. The van der Waals surface area contributed by atoms with Gasteiger partial charge < -0.3 is 25.4 Å². The number of nitrogens with zero attached hydrogens (tertiary/aromatic N) is 2. The van der Waals surface area contributed by atoms with E-state index in [4.69, 9.17) is 9.63 Å². The Morgan fingerprint density at radius 1 is 1.42 bits per heavy atom. The lowest BCUT2D eigenvalue weighted by Gasteiger charge is -2.21. The smallest absolute Gasteiger partial charge is 0.315 e. The summed E-state index contributed by atoms with van der Waals surface area (Å²) in [5.41, 5.74) is -1.51. The Morgan fingerprint density at radius 3 is 2.63 bits per heavy atom. The number of hydrogen-bond donors (Lipinski definition) is 4. The fourth-order valence-electron chi connectivity index (χ4n) is 1.29. The molecule has 9 nitrogen and oxygen atoms in total. The molecular formula is C10H16N4O5. The van der Waals surface area contributed by atoms with Gasteiger partial charge in [0.2, 0.25) is 5.89 Å². The monoisotopic (exact) mass is 272 g/mol. The molecule has 0 aromatic carbocycles. The van der Waals surface area contributed by atoms with Crippen LogP contribution in [-0.2, 0) is 11.3 Å². The first-order chi connectivity index (χ1) is 8.78. The van der Waals surface area contributed by atoms with E-state index in [-0.39, 0.29) is 13.1 Å². The molecule has 19 heavy (non-hydrogen) atoms. The molecule has 0 fully saturated rings. The van der Waals surface area contributed by atoms with Gasteiger partial charge in [0.05, 0.1) is 18.6 Å². The predicted octanol–water partition coefficient (Wildman–Crippen LogP) is -0.597. The first-order valence-corrected chi connectivity index (χ1v) is 5.53. The first kappa shape index (κ1) is 14.9. The molecule has 0 radical (unpaired) electrons. The Balaban J connectivity index is 2.30. The average Bonchev–Trinajstić information content (AvgIpc) is 2.68. The van der Waals surface area contributed by atoms with Crippen LogP contribution in [0.2, 0.25) is 0 Å². The van der Waals surface area contributed by atoms with Crippen LogP contribution in [-0.4, -0.2) is 44.5 Å². The number of amides is 2. The Morgan fingerprint density at radius 2 is 2.11 bits per heavy atom. The average molecular weight is 272 g/mol. The van der Waals surface area contributed by atoms with E-state index in [0.29, 0.717) is 11.7 Å². The Hall–Kier alpha value is -2.16. The molecule has 1 atom stereocenters. The number of aromatic nitrogens is 2. The van der Waals surface area contributed by atoms with Crippen LogP contribution in [0.25, 0.3) is 0 Å². The van der Waals surface area contributed by atoms with Gasteiger partial charge in [-0.1, -0.05) is 5.16 Å². The van der Waals surface area contributed by atoms with E-state index >= 15 is 0 Å². The van der Waals surface area contributed by atoms with Crippen LogP contribution in [0.4, 0.5) is 4.79 Å². The number of carboxylic acid groups (broad SMARTS) is 1. The standard InChI is InChI=1S/C10H16N4O5/c1-6-13-7(14-19-6)4-11-9(17)12-5-10(2,18)3-8(15)16/h18H,3-5H2,1-2H3,(H,15,16)(H2,11,12,17). The second kappa shape index (κ2) is 6.14. The van der Waals surface area contributed by atoms with Crippen molar-refractivity contribution in [1.29, 1.82) is 0 Å². The fourth-order valence-corrected chi connectivity index (χ4v) is 1.29. The van der Waals surface area contributed by atoms with Crippen LogP contribution in [0, 0.1) is 6.92 Å². The second-order valence-electron chi connectivity index (χ2n) is 4.33. The molecule has 1 unspecified atom stereocenters. The molecule has 0 aliphatic carbocycles. The predicted molar refractivity (Wildman–Crippen MR) is 62.2 cm³/mol. The van der Waals surface area contributed by atoms with Crippen molar-refractivity contribution in [3.05, 3.63) is 11.7 Å². The van der Waals surface area contributed by atoms with Crippen LogP contribution >= 0.6 is 0 Å². The highest BCUT2D eigenvalue weighted by molar-refractivity contribution is 5.74. The highest BCUT2D eigenvalue weighted by Gasteiger charge is 2.24. The lowest BCUT2D eigenvalue weighted by Crippen LogP contribution is -2.45. The van der Waals surface area contributed by atoms with E-state index in [1.165, 1.54) is 6.92 Å². The van der Waals surface area contributed by atoms with Crippen LogP contribution in [0.1, 0.15) is 25.1 Å². The zero-order valence-electron chi connectivity index (χ0n) is 10.6. The van der Waals surface area contributed by atoms with Gasteiger partial charge in [0.25, 0.3) is 0 Å². The van der Waals surface area contributed by atoms with Crippen LogP contribution in [0.5, 0.6) is 0 Å². The molecule has 0 aliphatic rings. The number of urea groups is 1. The maximum Gasteiger partial charge on any atom is 0.315 e.